The van der Waals surface area contributed by atoms with Crippen molar-refractivity contribution in [2.45, 2.75) is 124 Å². The van der Waals surface area contributed by atoms with Crippen LogP contribution in [0.2, 0.25) is 0 Å². The third-order valence-corrected chi connectivity index (χ3v) is 13.2. The predicted octanol–water partition coefficient (Wildman–Crippen LogP) is 9.44. The number of benzene rings is 1. The molecule has 8 atom stereocenters. The SMILES string of the molecule is CC(C)CCCC(C)[C@H]1CCC2C3CC=C4C[C@@H](NCCCn5c(O)c6ccccc6c5O)CC[C@]4(C)C3CC[C@@]21C. The molecule has 0 amide bonds. The molecule has 4 unspecified atom stereocenters. The van der Waals surface area contributed by atoms with E-state index in [1.165, 1.54) is 70.6 Å². The molecule has 3 N–H and O–H groups in total. The number of nitrogens with zero attached hydrogens (tertiary/aromatic N) is 1. The smallest absolute Gasteiger partial charge is 0.202 e. The van der Waals surface area contributed by atoms with E-state index in [4.69, 9.17) is 0 Å². The minimum Gasteiger partial charge on any atom is -0.494 e. The number of hydrogen-bond donors (Lipinski definition) is 3. The van der Waals surface area contributed by atoms with Gasteiger partial charge >= 0.3 is 0 Å². The Morgan fingerprint density at radius 3 is 2.36 bits per heavy atom. The zero-order valence-corrected chi connectivity index (χ0v) is 27.2. The van der Waals surface area contributed by atoms with Crippen molar-refractivity contribution in [1.82, 2.24) is 9.88 Å². The highest BCUT2D eigenvalue weighted by Gasteiger charge is 2.59. The Bertz CT molecular complexity index is 1240. The van der Waals surface area contributed by atoms with Crippen LogP contribution in [0, 0.1) is 46.3 Å². The van der Waals surface area contributed by atoms with Gasteiger partial charge in [-0.25, -0.2) is 0 Å². The van der Waals surface area contributed by atoms with Crippen molar-refractivity contribution < 1.29 is 10.2 Å². The summed E-state index contributed by atoms with van der Waals surface area (Å²) >= 11 is 0. The lowest BCUT2D eigenvalue weighted by molar-refractivity contribution is -0.0514. The molecule has 3 fully saturated rings. The molecule has 0 saturated heterocycles. The van der Waals surface area contributed by atoms with Gasteiger partial charge in [-0.3, -0.25) is 4.57 Å². The van der Waals surface area contributed by atoms with Gasteiger partial charge in [-0.1, -0.05) is 77.7 Å². The third kappa shape index (κ3) is 5.22. The minimum atomic E-state index is 0.177. The van der Waals surface area contributed by atoms with Crippen LogP contribution in [0.5, 0.6) is 11.8 Å². The summed E-state index contributed by atoms with van der Waals surface area (Å²) in [6, 6.07) is 8.09. The van der Waals surface area contributed by atoms with Gasteiger partial charge in [0, 0.05) is 23.4 Å². The van der Waals surface area contributed by atoms with Crippen LogP contribution in [-0.4, -0.2) is 27.4 Å². The van der Waals surface area contributed by atoms with E-state index in [1.807, 2.05) is 24.3 Å². The van der Waals surface area contributed by atoms with Gasteiger partial charge in [0.1, 0.15) is 0 Å². The highest BCUT2D eigenvalue weighted by Crippen LogP contribution is 2.67. The van der Waals surface area contributed by atoms with Crippen LogP contribution in [0.3, 0.4) is 0 Å². The molecule has 0 radical (unpaired) electrons. The maximum Gasteiger partial charge on any atom is 0.202 e. The molecule has 2 aromatic rings. The maximum absolute atomic E-state index is 10.6. The fraction of sp³-hybridized carbons (Fsp3) is 0.737. The first-order valence-electron chi connectivity index (χ1n) is 17.6. The molecule has 4 aliphatic rings. The van der Waals surface area contributed by atoms with Gasteiger partial charge < -0.3 is 15.5 Å². The number of nitrogens with one attached hydrogen (secondary N) is 1. The predicted molar refractivity (Wildman–Crippen MR) is 175 cm³/mol. The summed E-state index contributed by atoms with van der Waals surface area (Å²) in [7, 11) is 0. The van der Waals surface area contributed by atoms with Crippen molar-refractivity contribution in [1.29, 1.82) is 0 Å². The molecule has 42 heavy (non-hydrogen) atoms. The first kappa shape index (κ1) is 30.1. The zero-order chi connectivity index (χ0) is 29.6. The van der Waals surface area contributed by atoms with Crippen molar-refractivity contribution >= 4 is 10.8 Å². The van der Waals surface area contributed by atoms with Crippen LogP contribution < -0.4 is 5.32 Å². The molecule has 1 aromatic heterocycles. The third-order valence-electron chi connectivity index (χ3n) is 13.2. The van der Waals surface area contributed by atoms with E-state index in [-0.39, 0.29) is 11.8 Å². The van der Waals surface area contributed by atoms with Gasteiger partial charge in [0.2, 0.25) is 11.8 Å². The summed E-state index contributed by atoms with van der Waals surface area (Å²) in [6.07, 6.45) is 18.8. The van der Waals surface area contributed by atoms with Gasteiger partial charge in [0.25, 0.3) is 0 Å². The van der Waals surface area contributed by atoms with Gasteiger partial charge in [0.05, 0.1) is 0 Å². The summed E-state index contributed by atoms with van der Waals surface area (Å²) in [5.74, 6) is 5.70. The summed E-state index contributed by atoms with van der Waals surface area (Å²) in [5, 5.41) is 26.5. The molecule has 6 rings (SSSR count). The Balaban J connectivity index is 1.04. The lowest BCUT2D eigenvalue weighted by Crippen LogP contribution is -2.51. The molecule has 4 heteroatoms. The number of aromatic hydroxyl groups is 2. The summed E-state index contributed by atoms with van der Waals surface area (Å²) in [5.41, 5.74) is 2.71. The Morgan fingerprint density at radius 2 is 1.64 bits per heavy atom. The van der Waals surface area contributed by atoms with Crippen LogP contribution in [0.1, 0.15) is 112 Å². The second-order valence-electron chi connectivity index (χ2n) is 15.9. The Labute approximate surface area is 255 Å². The van der Waals surface area contributed by atoms with E-state index in [0.717, 1.165) is 59.2 Å². The average Bonchev–Trinajstić information content (AvgIpc) is 3.44. The highest BCUT2D eigenvalue weighted by molar-refractivity contribution is 5.92. The number of hydrogen-bond acceptors (Lipinski definition) is 3. The van der Waals surface area contributed by atoms with E-state index in [1.54, 1.807) is 10.1 Å². The summed E-state index contributed by atoms with van der Waals surface area (Å²) in [6.45, 7) is 14.2. The van der Waals surface area contributed by atoms with Crippen molar-refractivity contribution in [3.8, 4) is 11.8 Å². The van der Waals surface area contributed by atoms with Crippen LogP contribution in [0.15, 0.2) is 35.9 Å². The molecule has 4 aliphatic carbocycles. The molecule has 0 aliphatic heterocycles. The second kappa shape index (κ2) is 11.9. The monoisotopic (exact) mass is 574 g/mol. The maximum atomic E-state index is 10.6. The first-order valence-corrected chi connectivity index (χ1v) is 17.6. The van der Waals surface area contributed by atoms with Crippen molar-refractivity contribution in [2.24, 2.45) is 46.3 Å². The summed E-state index contributed by atoms with van der Waals surface area (Å²) in [4.78, 5) is 0. The topological polar surface area (TPSA) is 57.4 Å². The zero-order valence-electron chi connectivity index (χ0n) is 27.2. The molecule has 1 aromatic carbocycles. The van der Waals surface area contributed by atoms with E-state index < -0.39 is 0 Å². The second-order valence-corrected chi connectivity index (χ2v) is 15.9. The normalized spacial score (nSPS) is 35.1. The molecular weight excluding hydrogens is 516 g/mol. The lowest BCUT2D eigenvalue weighted by Gasteiger charge is -2.58. The fourth-order valence-electron chi connectivity index (χ4n) is 10.9. The average molecular weight is 575 g/mol. The number of fused-ring (bicyclic) bond motifs is 6. The van der Waals surface area contributed by atoms with Crippen molar-refractivity contribution in [2.75, 3.05) is 6.54 Å². The Kier molecular flexibility index (Phi) is 8.50. The highest BCUT2D eigenvalue weighted by atomic mass is 16.3. The number of rotatable bonds is 10. The number of allylic oxidation sites excluding steroid dienone is 1. The molecule has 1 heterocycles. The van der Waals surface area contributed by atoms with Crippen LogP contribution in [-0.2, 0) is 6.54 Å². The van der Waals surface area contributed by atoms with Crippen LogP contribution >= 0.6 is 0 Å². The van der Waals surface area contributed by atoms with Gasteiger partial charge in [0.15, 0.2) is 0 Å². The fourth-order valence-corrected chi connectivity index (χ4v) is 10.9. The van der Waals surface area contributed by atoms with Crippen molar-refractivity contribution in [3.63, 3.8) is 0 Å². The van der Waals surface area contributed by atoms with Crippen molar-refractivity contribution in [3.05, 3.63) is 35.9 Å². The lowest BCUT2D eigenvalue weighted by atomic mass is 9.47. The standard InChI is InChI=1S/C38H58N2O2/c1-25(2)10-8-11-26(3)32-16-17-33-31-15-14-27-24-28(18-20-37(27,4)34(31)19-21-38(32,33)5)39-22-9-23-40-35(41)29-12-6-7-13-30(29)36(40)42/h6-7,12-14,25-26,28,31-34,39,41-42H,8-11,15-24H2,1-5H3/t26?,28-,31?,32+,33?,34?,37-,38+/m0/s1. The molecule has 0 bridgehead atoms. The number of aromatic nitrogens is 1. The molecule has 232 valence electrons. The Hall–Kier alpha value is -1.94. The van der Waals surface area contributed by atoms with Crippen LogP contribution in [0.25, 0.3) is 10.8 Å². The van der Waals surface area contributed by atoms with Gasteiger partial charge in [-0.15, -0.1) is 0 Å². The largest absolute Gasteiger partial charge is 0.494 e. The molecule has 0 spiro atoms. The summed E-state index contributed by atoms with van der Waals surface area (Å²) < 4.78 is 1.66. The Morgan fingerprint density at radius 1 is 0.905 bits per heavy atom. The van der Waals surface area contributed by atoms with E-state index >= 15 is 0 Å². The van der Waals surface area contributed by atoms with Gasteiger partial charge in [-0.2, -0.15) is 0 Å². The minimum absolute atomic E-state index is 0.177. The van der Waals surface area contributed by atoms with E-state index in [2.05, 4.69) is 46.0 Å². The van der Waals surface area contributed by atoms with Gasteiger partial charge in [-0.05, 0) is 123 Å². The quantitative estimate of drug-likeness (QED) is 0.196. The molecule has 3 saturated carbocycles. The van der Waals surface area contributed by atoms with E-state index in [9.17, 15) is 10.2 Å². The van der Waals surface area contributed by atoms with E-state index in [0.29, 0.717) is 23.4 Å². The van der Waals surface area contributed by atoms with Crippen LogP contribution in [0.4, 0.5) is 0 Å². The molecule has 4 nitrogen and oxygen atoms in total. The first-order chi connectivity index (χ1) is 20.1. The molecular formula is C38H58N2O2.